The van der Waals surface area contributed by atoms with Crippen molar-refractivity contribution in [3.8, 4) is 0 Å². The topological polar surface area (TPSA) is 56.0 Å². The van der Waals surface area contributed by atoms with Crippen LogP contribution in [0.4, 0.5) is 5.69 Å². The number of halogens is 1. The molecule has 2 unspecified atom stereocenters. The third-order valence-electron chi connectivity index (χ3n) is 2.44. The molecule has 0 amide bonds. The van der Waals surface area contributed by atoms with Crippen molar-refractivity contribution in [2.24, 2.45) is 0 Å². The zero-order chi connectivity index (χ0) is 11.6. The summed E-state index contributed by atoms with van der Waals surface area (Å²) in [6.07, 6.45) is 1.31. The molecule has 0 fully saturated rings. The van der Waals surface area contributed by atoms with Gasteiger partial charge in [0.05, 0.1) is 4.92 Å². The first-order valence-corrected chi connectivity index (χ1v) is 5.60. The Kier molecular flexibility index (Phi) is 3.79. The van der Waals surface area contributed by atoms with Crippen molar-refractivity contribution < 1.29 is 4.92 Å². The molecular weight excluding hydrogens is 260 g/mol. The predicted octanol–water partition coefficient (Wildman–Crippen LogP) is 3.19. The van der Waals surface area contributed by atoms with Crippen LogP contribution in [0.2, 0.25) is 0 Å². The smallest absolute Gasteiger partial charge is 0.258 e. The van der Waals surface area contributed by atoms with Crippen LogP contribution in [-0.2, 0) is 0 Å². The second-order valence-electron chi connectivity index (χ2n) is 3.62. The predicted molar refractivity (Wildman–Crippen MR) is 62.4 cm³/mol. The molecule has 5 heteroatoms. The van der Waals surface area contributed by atoms with E-state index < -0.39 is 4.92 Å². The first-order chi connectivity index (χ1) is 6.93. The van der Waals surface area contributed by atoms with Crippen LogP contribution in [0.5, 0.6) is 0 Å². The Labute approximate surface area is 97.0 Å². The number of rotatable bonds is 3. The standard InChI is InChI=1S/C10H13BrN2O2/c1-6-4-9(13(14)15)5-12-10(6)7(2)8(3)11/h4-5,7-8H,1-3H3. The highest BCUT2D eigenvalue weighted by Gasteiger charge is 2.17. The second-order valence-corrected chi connectivity index (χ2v) is 5.06. The molecular formula is C10H13BrN2O2. The lowest BCUT2D eigenvalue weighted by Gasteiger charge is -2.15. The Morgan fingerprint density at radius 2 is 2.13 bits per heavy atom. The van der Waals surface area contributed by atoms with E-state index in [2.05, 4.69) is 20.9 Å². The molecule has 0 bridgehead atoms. The number of alkyl halides is 1. The summed E-state index contributed by atoms with van der Waals surface area (Å²) in [5.74, 6) is 0.241. The maximum Gasteiger partial charge on any atom is 0.287 e. The summed E-state index contributed by atoms with van der Waals surface area (Å²) in [6, 6.07) is 1.56. The van der Waals surface area contributed by atoms with Crippen LogP contribution in [0, 0.1) is 17.0 Å². The van der Waals surface area contributed by atoms with E-state index in [1.165, 1.54) is 6.20 Å². The van der Waals surface area contributed by atoms with Crippen molar-refractivity contribution in [1.82, 2.24) is 4.98 Å². The van der Waals surface area contributed by atoms with Crippen LogP contribution >= 0.6 is 15.9 Å². The summed E-state index contributed by atoms with van der Waals surface area (Å²) in [7, 11) is 0. The lowest BCUT2D eigenvalue weighted by molar-refractivity contribution is -0.385. The van der Waals surface area contributed by atoms with Crippen molar-refractivity contribution in [3.05, 3.63) is 33.6 Å². The van der Waals surface area contributed by atoms with Gasteiger partial charge >= 0.3 is 0 Å². The van der Waals surface area contributed by atoms with Gasteiger partial charge in [-0.2, -0.15) is 0 Å². The van der Waals surface area contributed by atoms with Crippen molar-refractivity contribution in [2.45, 2.75) is 31.5 Å². The molecule has 0 saturated heterocycles. The van der Waals surface area contributed by atoms with Gasteiger partial charge in [0.2, 0.25) is 0 Å². The Morgan fingerprint density at radius 3 is 2.53 bits per heavy atom. The van der Waals surface area contributed by atoms with Crippen molar-refractivity contribution >= 4 is 21.6 Å². The SMILES string of the molecule is Cc1cc([N+](=O)[O-])cnc1C(C)C(C)Br. The van der Waals surface area contributed by atoms with Gasteiger partial charge in [-0.25, -0.2) is 0 Å². The molecule has 0 N–H and O–H groups in total. The average molecular weight is 273 g/mol. The molecule has 1 rings (SSSR count). The number of aryl methyl sites for hydroxylation is 1. The summed E-state index contributed by atoms with van der Waals surface area (Å²) >= 11 is 3.48. The van der Waals surface area contributed by atoms with Gasteiger partial charge in [-0.1, -0.05) is 29.8 Å². The van der Waals surface area contributed by atoms with E-state index in [9.17, 15) is 10.1 Å². The fourth-order valence-electron chi connectivity index (χ4n) is 1.36. The zero-order valence-corrected chi connectivity index (χ0v) is 10.5. The number of hydrogen-bond donors (Lipinski definition) is 0. The van der Waals surface area contributed by atoms with Gasteiger partial charge in [-0.3, -0.25) is 15.1 Å². The third-order valence-corrected chi connectivity index (χ3v) is 3.23. The maximum atomic E-state index is 10.5. The van der Waals surface area contributed by atoms with Crippen LogP contribution < -0.4 is 0 Å². The highest BCUT2D eigenvalue weighted by atomic mass is 79.9. The fourth-order valence-corrected chi connectivity index (χ4v) is 1.61. The molecule has 2 atom stereocenters. The molecule has 0 aliphatic carbocycles. The summed E-state index contributed by atoms with van der Waals surface area (Å²) in [6.45, 7) is 5.93. The van der Waals surface area contributed by atoms with Crippen LogP contribution in [0.15, 0.2) is 12.3 Å². The van der Waals surface area contributed by atoms with E-state index in [-0.39, 0.29) is 11.6 Å². The summed E-state index contributed by atoms with van der Waals surface area (Å²) in [4.78, 5) is 14.5. The summed E-state index contributed by atoms with van der Waals surface area (Å²) < 4.78 is 0. The Morgan fingerprint density at radius 1 is 1.53 bits per heavy atom. The van der Waals surface area contributed by atoms with Gasteiger partial charge in [0.25, 0.3) is 5.69 Å². The molecule has 1 aromatic rings. The summed E-state index contributed by atoms with van der Waals surface area (Å²) in [5, 5.41) is 10.5. The van der Waals surface area contributed by atoms with E-state index >= 15 is 0 Å². The first-order valence-electron chi connectivity index (χ1n) is 4.68. The van der Waals surface area contributed by atoms with Crippen LogP contribution in [0.25, 0.3) is 0 Å². The molecule has 1 aromatic heterocycles. The quantitative estimate of drug-likeness (QED) is 0.482. The Hall–Kier alpha value is -0.970. The molecule has 4 nitrogen and oxygen atoms in total. The van der Waals surface area contributed by atoms with E-state index in [0.717, 1.165) is 11.3 Å². The minimum Gasteiger partial charge on any atom is -0.258 e. The molecule has 0 saturated carbocycles. The molecule has 1 heterocycles. The van der Waals surface area contributed by atoms with E-state index in [1.54, 1.807) is 6.07 Å². The minimum atomic E-state index is -0.425. The largest absolute Gasteiger partial charge is 0.287 e. The lowest BCUT2D eigenvalue weighted by Crippen LogP contribution is -2.09. The number of nitrogens with zero attached hydrogens (tertiary/aromatic N) is 2. The summed E-state index contributed by atoms with van der Waals surface area (Å²) in [5.41, 5.74) is 1.82. The van der Waals surface area contributed by atoms with E-state index in [0.29, 0.717) is 4.83 Å². The lowest BCUT2D eigenvalue weighted by atomic mass is 10.00. The van der Waals surface area contributed by atoms with Crippen molar-refractivity contribution in [1.29, 1.82) is 0 Å². The van der Waals surface area contributed by atoms with Gasteiger partial charge in [0, 0.05) is 22.5 Å². The van der Waals surface area contributed by atoms with Crippen molar-refractivity contribution in [2.75, 3.05) is 0 Å². The van der Waals surface area contributed by atoms with Gasteiger partial charge in [-0.05, 0) is 12.5 Å². The van der Waals surface area contributed by atoms with Crippen LogP contribution in [0.3, 0.4) is 0 Å². The molecule has 82 valence electrons. The molecule has 0 radical (unpaired) electrons. The zero-order valence-electron chi connectivity index (χ0n) is 8.90. The first kappa shape index (κ1) is 12.1. The molecule has 0 aliphatic heterocycles. The third kappa shape index (κ3) is 2.75. The molecule has 0 aliphatic rings. The normalized spacial score (nSPS) is 14.7. The molecule has 0 aromatic carbocycles. The Bertz CT molecular complexity index is 380. The van der Waals surface area contributed by atoms with E-state index in [1.807, 2.05) is 20.8 Å². The van der Waals surface area contributed by atoms with Crippen molar-refractivity contribution in [3.63, 3.8) is 0 Å². The van der Waals surface area contributed by atoms with Gasteiger partial charge in [0.15, 0.2) is 0 Å². The molecule has 15 heavy (non-hydrogen) atoms. The van der Waals surface area contributed by atoms with Crippen LogP contribution in [-0.4, -0.2) is 14.7 Å². The van der Waals surface area contributed by atoms with Crippen LogP contribution in [0.1, 0.15) is 31.0 Å². The fraction of sp³-hybridized carbons (Fsp3) is 0.500. The number of pyridine rings is 1. The van der Waals surface area contributed by atoms with Gasteiger partial charge in [0.1, 0.15) is 6.20 Å². The Balaban J connectivity index is 3.08. The second kappa shape index (κ2) is 4.70. The maximum absolute atomic E-state index is 10.5. The average Bonchev–Trinajstić information content (AvgIpc) is 2.16. The monoisotopic (exact) mass is 272 g/mol. The number of nitro groups is 1. The van der Waals surface area contributed by atoms with Gasteiger partial charge in [-0.15, -0.1) is 0 Å². The highest BCUT2D eigenvalue weighted by Crippen LogP contribution is 2.26. The molecule has 0 spiro atoms. The number of hydrogen-bond acceptors (Lipinski definition) is 3. The highest BCUT2D eigenvalue weighted by molar-refractivity contribution is 9.09. The minimum absolute atomic E-state index is 0.0469. The number of aromatic nitrogens is 1. The van der Waals surface area contributed by atoms with E-state index in [4.69, 9.17) is 0 Å². The van der Waals surface area contributed by atoms with Gasteiger partial charge < -0.3 is 0 Å².